The molecule has 0 atom stereocenters. The van der Waals surface area contributed by atoms with Gasteiger partial charge < -0.3 is 13.6 Å². The highest BCUT2D eigenvalue weighted by Gasteiger charge is 2.21. The van der Waals surface area contributed by atoms with E-state index in [0.717, 1.165) is 44.3 Å². The zero-order chi connectivity index (χ0) is 37.5. The second-order valence-electron chi connectivity index (χ2n) is 14.9. The van der Waals surface area contributed by atoms with E-state index in [1.807, 2.05) is 6.07 Å². The molecule has 3 heteroatoms. The summed E-state index contributed by atoms with van der Waals surface area (Å²) in [6.07, 6.45) is 0. The lowest BCUT2D eigenvalue weighted by Crippen LogP contribution is -1.95. The second kappa shape index (κ2) is 12.5. The molecule has 0 radical (unpaired) electrons. The molecule has 0 bridgehead atoms. The smallest absolute Gasteiger partial charge is 0.137 e. The third-order valence-corrected chi connectivity index (χ3v) is 11.7. The molecule has 0 fully saturated rings. The minimum Gasteiger partial charge on any atom is -0.456 e. The van der Waals surface area contributed by atoms with Crippen molar-refractivity contribution in [2.75, 3.05) is 0 Å². The van der Waals surface area contributed by atoms with Crippen molar-refractivity contribution in [3.8, 4) is 44.8 Å². The van der Waals surface area contributed by atoms with Gasteiger partial charge in [-0.25, -0.2) is 0 Å². The van der Waals surface area contributed by atoms with Gasteiger partial charge in [-0.05, 0) is 100 Å². The second-order valence-corrected chi connectivity index (χ2v) is 14.9. The van der Waals surface area contributed by atoms with Gasteiger partial charge in [0.05, 0.1) is 33.1 Å². The molecule has 0 unspecified atom stereocenters. The molecule has 0 spiro atoms. The molecule has 3 nitrogen and oxygen atoms in total. The largest absolute Gasteiger partial charge is 0.456 e. The average Bonchev–Trinajstić information content (AvgIpc) is 3.94. The maximum absolute atomic E-state index is 6.39. The van der Waals surface area contributed by atoms with Gasteiger partial charge in [-0.2, -0.15) is 0 Å². The van der Waals surface area contributed by atoms with E-state index in [9.17, 15) is 0 Å². The first-order valence-corrected chi connectivity index (χ1v) is 19.5. The number of rotatable bonds is 5. The Balaban J connectivity index is 1.07. The van der Waals surface area contributed by atoms with Gasteiger partial charge in [0.15, 0.2) is 0 Å². The van der Waals surface area contributed by atoms with Crippen molar-refractivity contribution in [1.82, 2.24) is 9.13 Å². The number of benzene rings is 9. The van der Waals surface area contributed by atoms with Crippen molar-refractivity contribution in [2.45, 2.75) is 0 Å². The van der Waals surface area contributed by atoms with Crippen LogP contribution < -0.4 is 0 Å². The number of hydrogen-bond donors (Lipinski definition) is 0. The topological polar surface area (TPSA) is 23.0 Å². The molecule has 3 heterocycles. The Morgan fingerprint density at radius 2 is 0.860 bits per heavy atom. The SMILES string of the molecule is c1ccc(-c2ccc(-n3c4ccccc4c4cc(-c5ccc6c(c5)c5c(-c7ccccc7)cccc5n6-c5cccc6oc7ccccc7c56)ccc43)cc2)cc1. The van der Waals surface area contributed by atoms with Gasteiger partial charge in [0.1, 0.15) is 11.2 Å². The van der Waals surface area contributed by atoms with Gasteiger partial charge in [0.25, 0.3) is 0 Å². The molecule has 3 aromatic heterocycles. The summed E-state index contributed by atoms with van der Waals surface area (Å²) in [6, 6.07) is 74.5. The Bertz CT molecular complexity index is 3490. The van der Waals surface area contributed by atoms with Crippen LogP contribution in [0.5, 0.6) is 0 Å². The molecular weight excluding hydrogens is 693 g/mol. The van der Waals surface area contributed by atoms with E-state index < -0.39 is 0 Å². The highest BCUT2D eigenvalue weighted by molar-refractivity contribution is 6.19. The number of para-hydroxylation sites is 2. The molecule has 57 heavy (non-hydrogen) atoms. The number of furan rings is 1. The fraction of sp³-hybridized carbons (Fsp3) is 0. The summed E-state index contributed by atoms with van der Waals surface area (Å²) < 4.78 is 11.2. The standard InChI is InChI=1S/C54H34N2O/c1-3-13-35(14-4-1)36-25-29-40(30-26-36)55-46-20-9-7-17-42(46)44-33-38(27-31-47(44)55)39-28-32-48-45(34-39)53-41(37-15-5-2-6-16-37)19-11-21-49(53)56(48)50-22-12-24-52-54(50)43-18-8-10-23-51(43)57-52/h1-34H. The van der Waals surface area contributed by atoms with Gasteiger partial charge in [-0.15, -0.1) is 0 Å². The van der Waals surface area contributed by atoms with Crippen LogP contribution in [0, 0.1) is 0 Å². The van der Waals surface area contributed by atoms with Gasteiger partial charge in [-0.1, -0.05) is 140 Å². The van der Waals surface area contributed by atoms with Gasteiger partial charge >= 0.3 is 0 Å². The number of hydrogen-bond acceptors (Lipinski definition) is 1. The van der Waals surface area contributed by atoms with Crippen molar-refractivity contribution in [1.29, 1.82) is 0 Å². The minimum atomic E-state index is 0.888. The predicted octanol–water partition coefficient (Wildman–Crippen LogP) is 14.8. The Kier molecular flexibility index (Phi) is 6.93. The predicted molar refractivity (Wildman–Crippen MR) is 239 cm³/mol. The first-order chi connectivity index (χ1) is 28.3. The molecule has 9 aromatic carbocycles. The molecule has 0 aliphatic carbocycles. The molecule has 0 N–H and O–H groups in total. The number of aromatic nitrogens is 2. The van der Waals surface area contributed by atoms with E-state index in [-0.39, 0.29) is 0 Å². The lowest BCUT2D eigenvalue weighted by molar-refractivity contribution is 0.669. The minimum absolute atomic E-state index is 0.888. The highest BCUT2D eigenvalue weighted by Crippen LogP contribution is 2.43. The third-order valence-electron chi connectivity index (χ3n) is 11.7. The summed E-state index contributed by atoms with van der Waals surface area (Å²) in [5, 5.41) is 7.17. The normalized spacial score (nSPS) is 11.9. The maximum Gasteiger partial charge on any atom is 0.137 e. The van der Waals surface area contributed by atoms with Crippen LogP contribution in [-0.2, 0) is 0 Å². The zero-order valence-corrected chi connectivity index (χ0v) is 30.9. The van der Waals surface area contributed by atoms with Crippen molar-refractivity contribution in [3.63, 3.8) is 0 Å². The molecule has 0 aliphatic heterocycles. The van der Waals surface area contributed by atoms with Crippen LogP contribution >= 0.6 is 0 Å². The fourth-order valence-electron chi connectivity index (χ4n) is 9.17. The van der Waals surface area contributed by atoms with E-state index in [1.54, 1.807) is 0 Å². The van der Waals surface area contributed by atoms with Crippen LogP contribution in [0.4, 0.5) is 0 Å². The first kappa shape index (κ1) is 31.7. The van der Waals surface area contributed by atoms with Crippen LogP contribution in [0.15, 0.2) is 211 Å². The molecule has 0 aliphatic rings. The van der Waals surface area contributed by atoms with E-state index >= 15 is 0 Å². The van der Waals surface area contributed by atoms with E-state index in [2.05, 4.69) is 209 Å². The van der Waals surface area contributed by atoms with Crippen LogP contribution in [0.3, 0.4) is 0 Å². The molecule has 0 saturated heterocycles. The van der Waals surface area contributed by atoms with Crippen LogP contribution in [-0.4, -0.2) is 9.13 Å². The Morgan fingerprint density at radius 3 is 1.65 bits per heavy atom. The summed E-state index contributed by atoms with van der Waals surface area (Å²) in [4.78, 5) is 0. The monoisotopic (exact) mass is 726 g/mol. The van der Waals surface area contributed by atoms with E-state index in [4.69, 9.17) is 4.42 Å². The Labute approximate surface area is 328 Å². The molecule has 12 aromatic rings. The summed E-state index contributed by atoms with van der Waals surface area (Å²) in [7, 11) is 0. The van der Waals surface area contributed by atoms with Gasteiger partial charge in [0, 0.05) is 32.6 Å². The lowest BCUT2D eigenvalue weighted by atomic mass is 9.97. The third kappa shape index (κ3) is 4.86. The fourth-order valence-corrected chi connectivity index (χ4v) is 9.17. The van der Waals surface area contributed by atoms with Crippen molar-refractivity contribution in [2.24, 2.45) is 0 Å². The quantitative estimate of drug-likeness (QED) is 0.173. The lowest BCUT2D eigenvalue weighted by Gasteiger charge is -2.11. The van der Waals surface area contributed by atoms with Crippen LogP contribution in [0.25, 0.3) is 110 Å². The summed E-state index contributed by atoms with van der Waals surface area (Å²) >= 11 is 0. The summed E-state index contributed by atoms with van der Waals surface area (Å²) in [5.41, 5.74) is 16.0. The van der Waals surface area contributed by atoms with E-state index in [0.29, 0.717) is 0 Å². The van der Waals surface area contributed by atoms with Crippen molar-refractivity contribution in [3.05, 3.63) is 206 Å². The molecule has 266 valence electrons. The number of fused-ring (bicyclic) bond motifs is 9. The highest BCUT2D eigenvalue weighted by atomic mass is 16.3. The first-order valence-electron chi connectivity index (χ1n) is 19.5. The van der Waals surface area contributed by atoms with Crippen LogP contribution in [0.2, 0.25) is 0 Å². The average molecular weight is 727 g/mol. The Morgan fingerprint density at radius 1 is 0.298 bits per heavy atom. The molecular formula is C54H34N2O. The maximum atomic E-state index is 6.39. The number of nitrogens with zero attached hydrogens (tertiary/aromatic N) is 2. The zero-order valence-electron chi connectivity index (χ0n) is 30.9. The Hall–Kier alpha value is -7.62. The van der Waals surface area contributed by atoms with Gasteiger partial charge in [-0.3, -0.25) is 0 Å². The van der Waals surface area contributed by atoms with Gasteiger partial charge in [0.2, 0.25) is 0 Å². The van der Waals surface area contributed by atoms with E-state index in [1.165, 1.54) is 66.0 Å². The van der Waals surface area contributed by atoms with Crippen molar-refractivity contribution < 1.29 is 4.42 Å². The summed E-state index contributed by atoms with van der Waals surface area (Å²) in [5.74, 6) is 0. The molecule has 0 amide bonds. The van der Waals surface area contributed by atoms with Crippen LogP contribution in [0.1, 0.15) is 0 Å². The molecule has 0 saturated carbocycles. The molecule has 12 rings (SSSR count). The summed E-state index contributed by atoms with van der Waals surface area (Å²) in [6.45, 7) is 0. The van der Waals surface area contributed by atoms with Crippen molar-refractivity contribution >= 4 is 65.6 Å².